The molecule has 0 atom stereocenters. The molecular formula is C97H110N21O2S3+. The first-order valence-electron chi connectivity index (χ1n) is 36.4. The molecule has 0 unspecified atom stereocenters. The number of rotatable bonds is 0. The number of imidazole rings is 2. The van der Waals surface area contributed by atoms with Crippen LogP contribution in [0.4, 0.5) is 0 Å². The zero-order valence-electron chi connectivity index (χ0n) is 63.7. The maximum Gasteiger partial charge on any atom is 0.345 e. The Balaban J connectivity index is 0.000000444. The topological polar surface area (TPSA) is 278 Å². The van der Waals surface area contributed by atoms with E-state index < -0.39 is 0 Å². The fourth-order valence-corrected chi connectivity index (χ4v) is 10.5. The van der Waals surface area contributed by atoms with Crippen LogP contribution >= 0.6 is 34.0 Å². The summed E-state index contributed by atoms with van der Waals surface area (Å²) < 4.78 is 15.8. The molecule has 2 aliphatic carbocycles. The fraction of sp³-hybridized carbons (Fsp3) is 0.103. The number of fused-ring (bicyclic) bond motifs is 7. The van der Waals surface area contributed by atoms with Crippen LogP contribution in [0.2, 0.25) is 0 Å². The predicted molar refractivity (Wildman–Crippen MR) is 512 cm³/mol. The number of aliphatic imine (C=N–C) groups is 1. The molecule has 18 heterocycles. The van der Waals surface area contributed by atoms with Crippen molar-refractivity contribution >= 4 is 102 Å². The number of furan rings is 2. The molecule has 0 fully saturated rings. The van der Waals surface area contributed by atoms with Gasteiger partial charge in [-0.05, 0) is 153 Å². The van der Waals surface area contributed by atoms with Gasteiger partial charge in [-0.15, -0.1) is 32.2 Å². The summed E-state index contributed by atoms with van der Waals surface area (Å²) >= 11 is 4.99. The molecule has 16 aromatic heterocycles. The fourth-order valence-electron chi connectivity index (χ4n) is 9.00. The van der Waals surface area contributed by atoms with E-state index in [-0.39, 0.29) is 44.6 Å². The van der Waals surface area contributed by atoms with Gasteiger partial charge in [-0.25, -0.2) is 29.4 Å². The summed E-state index contributed by atoms with van der Waals surface area (Å²) in [5.41, 5.74) is 9.88. The van der Waals surface area contributed by atoms with E-state index in [0.717, 1.165) is 48.1 Å². The van der Waals surface area contributed by atoms with Crippen molar-refractivity contribution < 1.29 is 13.2 Å². The summed E-state index contributed by atoms with van der Waals surface area (Å²) in [6.07, 6.45) is 72.1. The number of benzene rings is 4. The first-order chi connectivity index (χ1) is 58.3. The van der Waals surface area contributed by atoms with Crippen LogP contribution in [0.5, 0.6) is 0 Å². The molecule has 0 saturated heterocycles. The van der Waals surface area contributed by atoms with Crippen LogP contribution in [-0.2, 0) is 0 Å². The number of aromatic amines is 2. The molecule has 24 rings (SSSR count). The average Bonchev–Trinajstić information content (AvgIpc) is 1.80. The first kappa shape index (κ1) is 104. The van der Waals surface area contributed by atoms with Crippen molar-refractivity contribution in [1.82, 2.24) is 89.0 Å². The van der Waals surface area contributed by atoms with Gasteiger partial charge in [0.05, 0.1) is 52.5 Å². The average molecular weight is 1700 g/mol. The van der Waals surface area contributed by atoms with Crippen molar-refractivity contribution in [1.29, 1.82) is 0 Å². The highest BCUT2D eigenvalue weighted by molar-refractivity contribution is 7.16. The van der Waals surface area contributed by atoms with Crippen molar-refractivity contribution in [3.63, 3.8) is 0 Å². The molecular weight excluding hydrogens is 1590 g/mol. The molecule has 23 nitrogen and oxygen atoms in total. The molecule has 4 aliphatic rings. The lowest BCUT2D eigenvalue weighted by Gasteiger charge is -1.86. The molecule has 0 radical (unpaired) electrons. The molecule has 2 N–H and O–H groups in total. The molecule has 632 valence electrons. The summed E-state index contributed by atoms with van der Waals surface area (Å²) in [7, 11) is 0. The summed E-state index contributed by atoms with van der Waals surface area (Å²) in [6, 6.07) is 65.3. The maximum atomic E-state index is 4.58. The third-order valence-electron chi connectivity index (χ3n) is 14.3. The summed E-state index contributed by atoms with van der Waals surface area (Å²) in [5.74, 6) is 0. The standard InChI is InChI=1S/C9H8.2C8H7N.C7H5NS.C6H5N3.C6H6N3.C6H5N3.C5H5N.C5H6.3C4H4N2.C4H5N.2C4H4O.C4H4S.C3H3NS.6CH4/c1-2-5-9-7-3-6-8(9)4-1;2*1-2-4-8-7(3-1)5-6-9-8;1-2-4-7-6(3-1)8-5-9-7;1-3-9-4-2-8-6(9)5-7-1;1-3-7-6-2-4-8-9(6)5-1;1-2-6-7-4-5-9(6)8-3-1;1-2-4-6-5-3-1;1-2-4-5-3-1;1-2-6-4-3-5-1;1-2-5-4-6-3-1;1-2-4-6-5-3-1;4*1-2-4-5-3-1;1-2-5-3-4-1;;;;;;/h1-2,4-7H,3H2;2*1-6,9H;2*1-5H;1-3,5H,4H2;1-5H;1-5H;1-4H,5H2;3*1-4H;1,3-4H,2H2;3*1-4H;1-3H;6*1H4/q;;;;;+1;;;;;;;;;;;;;;;;;. The highest BCUT2D eigenvalue weighted by Gasteiger charge is 2.00. The van der Waals surface area contributed by atoms with Crippen molar-refractivity contribution in [3.05, 3.63) is 454 Å². The molecule has 4 aromatic carbocycles. The van der Waals surface area contributed by atoms with E-state index in [1.54, 1.807) is 191 Å². The highest BCUT2D eigenvalue weighted by atomic mass is 32.1. The van der Waals surface area contributed by atoms with E-state index in [0.29, 0.717) is 0 Å². The minimum absolute atomic E-state index is 0. The number of H-pyrrole nitrogens is 2. The monoisotopic (exact) mass is 1700 g/mol. The SMILES string of the molecule is C.C.C.C.C.C.C1=CCC=C1.C1=CN=CC1.C1=c2ccccc2=CC1.C1=c2nccc[n+]2=NC1.c1ccc2[nH]ccc2c1.c1ccc2[nH]ccc2c1.c1ccc2scnc2c1.c1ccncc1.c1ccnnc1.c1ccoc1.c1ccoc1.c1ccsc1.c1cn2ccnc2cn1.c1cnccn1.c1cncnc1.c1cnn2ccnc2c1.c1cscn1. The molecule has 0 amide bonds. The summed E-state index contributed by atoms with van der Waals surface area (Å²) in [4.78, 5) is 52.5. The van der Waals surface area contributed by atoms with Crippen molar-refractivity contribution in [2.45, 2.75) is 63.8 Å². The Bertz CT molecular complexity index is 4920. The van der Waals surface area contributed by atoms with E-state index in [4.69, 9.17) is 0 Å². The van der Waals surface area contributed by atoms with Gasteiger partial charge in [0.2, 0.25) is 0 Å². The van der Waals surface area contributed by atoms with Gasteiger partial charge < -0.3 is 23.2 Å². The lowest BCUT2D eigenvalue weighted by Crippen LogP contribution is -2.35. The number of pyridine rings is 1. The zero-order chi connectivity index (χ0) is 80.9. The molecule has 0 bridgehead atoms. The third-order valence-corrected chi connectivity index (χ3v) is 16.3. The Morgan fingerprint density at radius 1 is 0.390 bits per heavy atom. The Labute approximate surface area is 733 Å². The van der Waals surface area contributed by atoms with Gasteiger partial charge >= 0.3 is 5.48 Å². The van der Waals surface area contributed by atoms with E-state index in [9.17, 15) is 0 Å². The lowest BCUT2D eigenvalue weighted by molar-refractivity contribution is -0.561. The molecule has 26 heteroatoms. The van der Waals surface area contributed by atoms with Crippen molar-refractivity contribution in [2.75, 3.05) is 6.54 Å². The Hall–Kier alpha value is -15.3. The van der Waals surface area contributed by atoms with E-state index in [1.165, 1.54) is 43.3 Å². The quantitative estimate of drug-likeness (QED) is 0.133. The summed E-state index contributed by atoms with van der Waals surface area (Å²) in [5, 5.41) is 26.5. The largest absolute Gasteiger partial charge is 0.473 e. The second-order valence-electron chi connectivity index (χ2n) is 22.4. The minimum Gasteiger partial charge on any atom is -0.473 e. The zero-order valence-corrected chi connectivity index (χ0v) is 66.2. The van der Waals surface area contributed by atoms with Crippen LogP contribution < -0.4 is 20.3 Å². The number of hydrogen-bond acceptors (Lipinski definition) is 21. The molecule has 20 aromatic rings. The summed E-state index contributed by atoms with van der Waals surface area (Å²) in [6.45, 7) is 0.761. The number of para-hydroxylation sites is 3. The molecule has 123 heavy (non-hydrogen) atoms. The number of thiazole rings is 2. The smallest absolute Gasteiger partial charge is 0.345 e. The predicted octanol–water partition coefficient (Wildman–Crippen LogP) is 22.2. The number of allylic oxidation sites excluding steroid dienone is 5. The number of aromatic nitrogens is 19. The number of hydrogen-bond donors (Lipinski definition) is 2. The van der Waals surface area contributed by atoms with Crippen LogP contribution in [0, 0.1) is 0 Å². The van der Waals surface area contributed by atoms with Crippen LogP contribution in [0.15, 0.2) is 457 Å². The maximum absolute atomic E-state index is 4.58. The highest BCUT2D eigenvalue weighted by Crippen LogP contribution is 2.16. The first-order valence-corrected chi connectivity index (χ1v) is 39.1. The number of nitrogens with zero attached hydrogens (tertiary/aromatic N) is 19. The minimum atomic E-state index is 0. The van der Waals surface area contributed by atoms with Gasteiger partial charge in [0, 0.05) is 171 Å². The van der Waals surface area contributed by atoms with E-state index in [1.807, 2.05) is 209 Å². The van der Waals surface area contributed by atoms with Crippen LogP contribution in [0.3, 0.4) is 0 Å². The van der Waals surface area contributed by atoms with Gasteiger partial charge in [0.1, 0.15) is 25.3 Å². The van der Waals surface area contributed by atoms with Crippen molar-refractivity contribution in [2.24, 2.45) is 10.1 Å². The van der Waals surface area contributed by atoms with Crippen LogP contribution in [-0.4, -0.2) is 102 Å². The van der Waals surface area contributed by atoms with Gasteiger partial charge in [-0.2, -0.15) is 26.6 Å². The Kier molecular flexibility index (Phi) is 59.9. The normalized spacial score (nSPS) is 10.0. The number of nitrogens with one attached hydrogen (secondary N) is 2. The van der Waals surface area contributed by atoms with Gasteiger partial charge in [-0.3, -0.25) is 29.9 Å². The Morgan fingerprint density at radius 3 is 1.41 bits per heavy atom. The van der Waals surface area contributed by atoms with E-state index >= 15 is 0 Å². The second kappa shape index (κ2) is 70.9. The molecule has 0 spiro atoms. The van der Waals surface area contributed by atoms with Crippen LogP contribution in [0.1, 0.15) is 63.8 Å². The van der Waals surface area contributed by atoms with Gasteiger partial charge in [0.15, 0.2) is 11.3 Å². The number of thiophene rings is 1. The van der Waals surface area contributed by atoms with Crippen LogP contribution in [0.25, 0.3) is 61.5 Å². The van der Waals surface area contributed by atoms with Gasteiger partial charge in [0.25, 0.3) is 0 Å². The molecule has 0 saturated carbocycles. The van der Waals surface area contributed by atoms with E-state index in [2.05, 4.69) is 202 Å². The van der Waals surface area contributed by atoms with Crippen molar-refractivity contribution in [3.8, 4) is 0 Å². The molecule has 2 aliphatic heterocycles. The second-order valence-corrected chi connectivity index (χ2v) is 24.9. The third kappa shape index (κ3) is 47.1. The lowest BCUT2D eigenvalue weighted by atomic mass is 10.3. The Morgan fingerprint density at radius 2 is 0.976 bits per heavy atom. The van der Waals surface area contributed by atoms with Gasteiger partial charge in [-0.1, -0.05) is 178 Å².